The molecule has 24 heavy (non-hydrogen) atoms. The van der Waals surface area contributed by atoms with Crippen LogP contribution in [0.4, 0.5) is 4.79 Å². The minimum absolute atomic E-state index is 0.0166. The molecule has 0 fully saturated rings. The monoisotopic (exact) mass is 338 g/mol. The first-order valence-corrected chi connectivity index (χ1v) is 8.23. The van der Waals surface area contributed by atoms with E-state index in [1.807, 2.05) is 0 Å². The number of hydrogen-bond donors (Lipinski definition) is 4. The minimum Gasteiger partial charge on any atom is -0.444 e. The van der Waals surface area contributed by atoms with Gasteiger partial charge in [-0.1, -0.05) is 0 Å². The van der Waals surface area contributed by atoms with Gasteiger partial charge in [0.05, 0.1) is 0 Å². The van der Waals surface area contributed by atoms with E-state index >= 15 is 0 Å². The highest BCUT2D eigenvalue weighted by Gasteiger charge is 2.31. The van der Waals surface area contributed by atoms with Gasteiger partial charge in [-0.3, -0.25) is 9.59 Å². The zero-order valence-corrected chi connectivity index (χ0v) is 14.5. The SMILES string of the molecule is CC(C)(C)OC(=O)NCCNC(=O)[C@@H]1CC(=O)C2=C(CCNC2)N1. The molecule has 0 saturated heterocycles. The highest BCUT2D eigenvalue weighted by Crippen LogP contribution is 2.19. The maximum absolute atomic E-state index is 12.2. The Bertz CT molecular complexity index is 551. The highest BCUT2D eigenvalue weighted by molar-refractivity contribution is 6.01. The van der Waals surface area contributed by atoms with Gasteiger partial charge < -0.3 is 26.0 Å². The lowest BCUT2D eigenvalue weighted by Crippen LogP contribution is -2.51. The van der Waals surface area contributed by atoms with Gasteiger partial charge in [0, 0.05) is 50.3 Å². The summed E-state index contributed by atoms with van der Waals surface area (Å²) in [5, 5.41) is 11.6. The molecular weight excluding hydrogens is 312 g/mol. The van der Waals surface area contributed by atoms with E-state index in [2.05, 4.69) is 21.3 Å². The maximum atomic E-state index is 12.2. The molecule has 1 atom stereocenters. The summed E-state index contributed by atoms with van der Waals surface area (Å²) in [6.45, 7) is 7.25. The van der Waals surface area contributed by atoms with E-state index in [-0.39, 0.29) is 31.2 Å². The molecule has 0 bridgehead atoms. The molecule has 2 aliphatic rings. The van der Waals surface area contributed by atoms with Crippen LogP contribution in [0, 0.1) is 0 Å². The van der Waals surface area contributed by atoms with Crippen LogP contribution in [-0.2, 0) is 14.3 Å². The van der Waals surface area contributed by atoms with Crippen molar-refractivity contribution in [3.05, 3.63) is 11.3 Å². The Morgan fingerprint density at radius 2 is 1.96 bits per heavy atom. The number of carbonyl (C=O) groups is 3. The van der Waals surface area contributed by atoms with Crippen LogP contribution in [0.1, 0.15) is 33.6 Å². The molecule has 0 saturated carbocycles. The lowest BCUT2D eigenvalue weighted by atomic mass is 9.93. The number of hydrogen-bond acceptors (Lipinski definition) is 6. The summed E-state index contributed by atoms with van der Waals surface area (Å²) in [5.74, 6) is -0.220. The van der Waals surface area contributed by atoms with Gasteiger partial charge in [0.2, 0.25) is 5.91 Å². The Balaban J connectivity index is 1.73. The Hall–Kier alpha value is -2.09. The lowest BCUT2D eigenvalue weighted by Gasteiger charge is -2.31. The van der Waals surface area contributed by atoms with Crippen LogP contribution >= 0.6 is 0 Å². The molecule has 2 heterocycles. The summed E-state index contributed by atoms with van der Waals surface area (Å²) in [4.78, 5) is 35.8. The number of amides is 2. The van der Waals surface area contributed by atoms with Gasteiger partial charge in [-0.25, -0.2) is 4.79 Å². The van der Waals surface area contributed by atoms with Crippen molar-refractivity contribution in [1.29, 1.82) is 0 Å². The van der Waals surface area contributed by atoms with Crippen molar-refractivity contribution < 1.29 is 19.1 Å². The molecule has 0 radical (unpaired) electrons. The average Bonchev–Trinajstić information content (AvgIpc) is 2.49. The van der Waals surface area contributed by atoms with Crippen molar-refractivity contribution in [2.45, 2.75) is 45.3 Å². The number of ether oxygens (including phenoxy) is 1. The summed E-state index contributed by atoms with van der Waals surface area (Å²) in [6.07, 6.45) is 0.365. The molecule has 8 heteroatoms. The van der Waals surface area contributed by atoms with Gasteiger partial charge in [0.15, 0.2) is 5.78 Å². The lowest BCUT2D eigenvalue weighted by molar-refractivity contribution is -0.126. The zero-order chi connectivity index (χ0) is 17.7. The Kier molecular flexibility index (Phi) is 5.82. The highest BCUT2D eigenvalue weighted by atomic mass is 16.6. The Labute approximate surface area is 141 Å². The first-order chi connectivity index (χ1) is 11.3. The number of rotatable bonds is 4. The van der Waals surface area contributed by atoms with Gasteiger partial charge in [0.25, 0.3) is 0 Å². The third kappa shape index (κ3) is 5.23. The molecule has 2 rings (SSSR count). The number of alkyl carbamates (subject to hydrolysis) is 1. The minimum atomic E-state index is -0.556. The van der Waals surface area contributed by atoms with Crippen molar-refractivity contribution in [2.75, 3.05) is 26.2 Å². The third-order valence-corrected chi connectivity index (χ3v) is 3.70. The predicted octanol–water partition coefficient (Wildman–Crippen LogP) is -0.194. The Morgan fingerprint density at radius 3 is 2.67 bits per heavy atom. The quantitative estimate of drug-likeness (QED) is 0.529. The van der Waals surface area contributed by atoms with Crippen LogP contribution in [0.3, 0.4) is 0 Å². The summed E-state index contributed by atoms with van der Waals surface area (Å²) < 4.78 is 5.10. The smallest absolute Gasteiger partial charge is 0.407 e. The molecule has 0 aromatic rings. The second-order valence-corrected chi connectivity index (χ2v) is 6.93. The van der Waals surface area contributed by atoms with Crippen LogP contribution in [-0.4, -0.2) is 55.6 Å². The van der Waals surface area contributed by atoms with Crippen molar-refractivity contribution in [2.24, 2.45) is 0 Å². The fourth-order valence-corrected chi connectivity index (χ4v) is 2.63. The van der Waals surface area contributed by atoms with Crippen molar-refractivity contribution in [3.8, 4) is 0 Å². The normalized spacial score (nSPS) is 20.8. The largest absolute Gasteiger partial charge is 0.444 e. The average molecular weight is 338 g/mol. The Morgan fingerprint density at radius 1 is 1.25 bits per heavy atom. The fraction of sp³-hybridized carbons (Fsp3) is 0.688. The summed E-state index contributed by atoms with van der Waals surface area (Å²) in [6, 6.07) is -0.545. The topological polar surface area (TPSA) is 109 Å². The molecule has 0 unspecified atom stereocenters. The van der Waals surface area contributed by atoms with E-state index in [1.54, 1.807) is 20.8 Å². The standard InChI is InChI=1S/C16H26N4O4/c1-16(2,3)24-15(23)19-7-6-18-14(22)12-8-13(21)10-9-17-5-4-11(10)20-12/h12,17,20H,4-9H2,1-3H3,(H,18,22)(H,19,23)/t12-/m0/s1. The number of ketones is 1. The van der Waals surface area contributed by atoms with Crippen LogP contribution in [0.5, 0.6) is 0 Å². The van der Waals surface area contributed by atoms with E-state index < -0.39 is 17.7 Å². The molecule has 2 aliphatic heterocycles. The van der Waals surface area contributed by atoms with Gasteiger partial charge in [-0.05, 0) is 20.8 Å². The van der Waals surface area contributed by atoms with Crippen molar-refractivity contribution in [3.63, 3.8) is 0 Å². The molecule has 0 aromatic carbocycles. The van der Waals surface area contributed by atoms with E-state index in [9.17, 15) is 14.4 Å². The van der Waals surface area contributed by atoms with E-state index in [0.29, 0.717) is 6.54 Å². The molecular formula is C16H26N4O4. The van der Waals surface area contributed by atoms with Gasteiger partial charge in [0.1, 0.15) is 11.6 Å². The second-order valence-electron chi connectivity index (χ2n) is 6.93. The summed E-state index contributed by atoms with van der Waals surface area (Å²) >= 11 is 0. The van der Waals surface area contributed by atoms with Gasteiger partial charge in [-0.2, -0.15) is 0 Å². The fourth-order valence-electron chi connectivity index (χ4n) is 2.63. The van der Waals surface area contributed by atoms with Crippen molar-refractivity contribution in [1.82, 2.24) is 21.3 Å². The van der Waals surface area contributed by atoms with Crippen LogP contribution in [0.2, 0.25) is 0 Å². The number of Topliss-reactive ketones (excluding diaryl/α,β-unsaturated/α-hetero) is 1. The molecule has 0 aromatic heterocycles. The number of nitrogens with one attached hydrogen (secondary N) is 4. The van der Waals surface area contributed by atoms with Gasteiger partial charge in [-0.15, -0.1) is 0 Å². The van der Waals surface area contributed by atoms with E-state index in [0.717, 1.165) is 24.2 Å². The zero-order valence-electron chi connectivity index (χ0n) is 14.5. The number of carbonyl (C=O) groups excluding carboxylic acids is 3. The predicted molar refractivity (Wildman–Crippen MR) is 88.3 cm³/mol. The van der Waals surface area contributed by atoms with E-state index in [4.69, 9.17) is 4.74 Å². The first-order valence-electron chi connectivity index (χ1n) is 8.23. The summed E-state index contributed by atoms with van der Waals surface area (Å²) in [7, 11) is 0. The van der Waals surface area contributed by atoms with Gasteiger partial charge >= 0.3 is 6.09 Å². The third-order valence-electron chi connectivity index (χ3n) is 3.70. The maximum Gasteiger partial charge on any atom is 0.407 e. The molecule has 0 aliphatic carbocycles. The first kappa shape index (κ1) is 18.3. The van der Waals surface area contributed by atoms with Crippen LogP contribution in [0.25, 0.3) is 0 Å². The molecule has 4 N–H and O–H groups in total. The van der Waals surface area contributed by atoms with Crippen LogP contribution in [0.15, 0.2) is 11.3 Å². The van der Waals surface area contributed by atoms with Crippen LogP contribution < -0.4 is 21.3 Å². The molecule has 0 spiro atoms. The molecule has 2 amide bonds. The molecule has 134 valence electrons. The summed E-state index contributed by atoms with van der Waals surface area (Å²) in [5.41, 5.74) is 1.08. The van der Waals surface area contributed by atoms with Crippen molar-refractivity contribution >= 4 is 17.8 Å². The second kappa shape index (κ2) is 7.65. The molecule has 8 nitrogen and oxygen atoms in total. The van der Waals surface area contributed by atoms with E-state index in [1.165, 1.54) is 0 Å².